The van der Waals surface area contributed by atoms with E-state index in [1.165, 1.54) is 225 Å². The van der Waals surface area contributed by atoms with Gasteiger partial charge in [-0.3, -0.25) is 4.79 Å². The highest BCUT2D eigenvalue weighted by molar-refractivity contribution is 5.76. The number of allylic oxidation sites excluding steroid dienone is 6. The van der Waals surface area contributed by atoms with Crippen LogP contribution < -0.4 is 5.32 Å². The summed E-state index contributed by atoms with van der Waals surface area (Å²) in [6, 6.07) is -0.545. The molecule has 0 aromatic carbocycles. The molecule has 2 unspecified atom stereocenters. The van der Waals surface area contributed by atoms with Gasteiger partial charge in [0, 0.05) is 6.42 Å². The highest BCUT2D eigenvalue weighted by atomic mass is 16.3. The summed E-state index contributed by atoms with van der Waals surface area (Å²) in [4.78, 5) is 12.5. The van der Waals surface area contributed by atoms with Gasteiger partial charge in [-0.1, -0.05) is 281 Å². The van der Waals surface area contributed by atoms with E-state index < -0.39 is 12.1 Å². The number of carbonyl (C=O) groups excluding carboxylic acids is 1. The molecule has 4 nitrogen and oxygen atoms in total. The maximum Gasteiger partial charge on any atom is 0.220 e. The van der Waals surface area contributed by atoms with Crippen LogP contribution in [0.1, 0.15) is 303 Å². The van der Waals surface area contributed by atoms with Gasteiger partial charge in [-0.15, -0.1) is 0 Å². The van der Waals surface area contributed by atoms with Crippen LogP contribution in [0.4, 0.5) is 0 Å². The average molecular weight is 857 g/mol. The van der Waals surface area contributed by atoms with Gasteiger partial charge >= 0.3 is 0 Å². The van der Waals surface area contributed by atoms with Crippen LogP contribution in [0, 0.1) is 0 Å². The summed E-state index contributed by atoms with van der Waals surface area (Å²) in [6.45, 7) is 4.35. The molecule has 0 heterocycles. The van der Waals surface area contributed by atoms with Gasteiger partial charge in [0.15, 0.2) is 0 Å². The van der Waals surface area contributed by atoms with Crippen LogP contribution >= 0.6 is 0 Å². The van der Waals surface area contributed by atoms with Gasteiger partial charge < -0.3 is 15.5 Å². The Morgan fingerprint density at radius 1 is 0.393 bits per heavy atom. The summed E-state index contributed by atoms with van der Waals surface area (Å²) < 4.78 is 0. The first kappa shape index (κ1) is 59.6. The van der Waals surface area contributed by atoms with Crippen LogP contribution in [0.2, 0.25) is 0 Å². The van der Waals surface area contributed by atoms with Crippen LogP contribution in [0.25, 0.3) is 0 Å². The number of hydrogen-bond acceptors (Lipinski definition) is 3. The number of aliphatic hydroxyl groups excluding tert-OH is 2. The third-order valence-corrected chi connectivity index (χ3v) is 12.9. The number of aliphatic hydroxyl groups is 2. The quantitative estimate of drug-likeness (QED) is 0.0422. The van der Waals surface area contributed by atoms with E-state index >= 15 is 0 Å². The molecule has 61 heavy (non-hydrogen) atoms. The highest BCUT2D eigenvalue weighted by Gasteiger charge is 2.20. The minimum absolute atomic E-state index is 0.0407. The Balaban J connectivity index is 3.44. The van der Waals surface area contributed by atoms with Crippen molar-refractivity contribution in [1.82, 2.24) is 5.32 Å². The van der Waals surface area contributed by atoms with Crippen molar-refractivity contribution >= 4 is 5.91 Å². The molecular formula is C57H109NO3. The van der Waals surface area contributed by atoms with E-state index in [9.17, 15) is 15.0 Å². The van der Waals surface area contributed by atoms with Crippen molar-refractivity contribution in [3.63, 3.8) is 0 Å². The number of nitrogens with one attached hydrogen (secondary N) is 1. The average Bonchev–Trinajstić information content (AvgIpc) is 3.26. The lowest BCUT2D eigenvalue weighted by Crippen LogP contribution is -2.45. The SMILES string of the molecule is CCCCC/C=C\C/C=C\C/C=C\CCCCCCCCC(=O)NC(CO)C(O)CCCCCCCCCCCCCCCCCCCCCCCCCCCCCCCC. The lowest BCUT2D eigenvalue weighted by atomic mass is 10.0. The van der Waals surface area contributed by atoms with E-state index in [1.54, 1.807) is 0 Å². The molecule has 0 bridgehead atoms. The van der Waals surface area contributed by atoms with Crippen LogP contribution in [-0.2, 0) is 4.79 Å². The molecule has 0 aromatic rings. The molecule has 360 valence electrons. The summed E-state index contributed by atoms with van der Waals surface area (Å²) in [7, 11) is 0. The third kappa shape index (κ3) is 49.5. The molecule has 0 rings (SSSR count). The summed E-state index contributed by atoms with van der Waals surface area (Å²) in [5.74, 6) is -0.0407. The number of rotatable bonds is 51. The lowest BCUT2D eigenvalue weighted by molar-refractivity contribution is -0.123. The molecule has 0 aliphatic heterocycles. The Kier molecular flexibility index (Phi) is 51.7. The van der Waals surface area contributed by atoms with Crippen molar-refractivity contribution in [2.24, 2.45) is 0 Å². The molecule has 0 aromatic heterocycles. The maximum atomic E-state index is 12.5. The Morgan fingerprint density at radius 3 is 1.03 bits per heavy atom. The fraction of sp³-hybridized carbons (Fsp3) is 0.877. The molecule has 0 spiro atoms. The van der Waals surface area contributed by atoms with Crippen LogP contribution in [-0.4, -0.2) is 34.9 Å². The fourth-order valence-electron chi connectivity index (χ4n) is 8.66. The standard InChI is InChI=1S/C57H109NO3/c1-3-5-7-9-11-13-15-17-19-21-23-24-25-26-27-28-29-30-31-32-33-35-36-38-40-42-44-46-48-50-52-56(60)55(54-59)58-57(61)53-51-49-47-45-43-41-39-37-34-22-20-18-16-14-12-10-8-6-4-2/h12,14,18,20,34,37,55-56,59-60H,3-11,13,15-17,19,21-33,35-36,38-54H2,1-2H3,(H,58,61)/b14-12-,20-18-,37-34-. The summed E-state index contributed by atoms with van der Waals surface area (Å²) in [5, 5.41) is 23.3. The van der Waals surface area contributed by atoms with Gasteiger partial charge in [0.05, 0.1) is 18.8 Å². The van der Waals surface area contributed by atoms with Crippen molar-refractivity contribution in [3.8, 4) is 0 Å². The van der Waals surface area contributed by atoms with Crippen molar-refractivity contribution in [2.45, 2.75) is 315 Å². The van der Waals surface area contributed by atoms with Crippen LogP contribution in [0.15, 0.2) is 36.5 Å². The molecule has 0 saturated carbocycles. The second kappa shape index (κ2) is 53.0. The predicted octanol–water partition coefficient (Wildman–Crippen LogP) is 18.1. The molecule has 0 aliphatic carbocycles. The number of amides is 1. The molecule has 0 fully saturated rings. The smallest absolute Gasteiger partial charge is 0.220 e. The summed E-state index contributed by atoms with van der Waals surface area (Å²) >= 11 is 0. The van der Waals surface area contributed by atoms with E-state index in [0.29, 0.717) is 12.8 Å². The minimum atomic E-state index is -0.667. The zero-order valence-corrected chi connectivity index (χ0v) is 41.4. The van der Waals surface area contributed by atoms with E-state index in [0.717, 1.165) is 51.4 Å². The van der Waals surface area contributed by atoms with Gasteiger partial charge in [0.2, 0.25) is 5.91 Å². The summed E-state index contributed by atoms with van der Waals surface area (Å²) in [6.07, 6.45) is 71.3. The van der Waals surface area contributed by atoms with Gasteiger partial charge in [-0.25, -0.2) is 0 Å². The number of carbonyl (C=O) groups is 1. The van der Waals surface area contributed by atoms with Gasteiger partial charge in [-0.05, 0) is 51.4 Å². The van der Waals surface area contributed by atoms with E-state index in [-0.39, 0.29) is 12.5 Å². The van der Waals surface area contributed by atoms with E-state index in [4.69, 9.17) is 0 Å². The summed E-state index contributed by atoms with van der Waals surface area (Å²) in [5.41, 5.74) is 0. The predicted molar refractivity (Wildman–Crippen MR) is 272 cm³/mol. The molecule has 0 saturated heterocycles. The molecule has 3 N–H and O–H groups in total. The zero-order chi connectivity index (χ0) is 44.2. The van der Waals surface area contributed by atoms with Crippen molar-refractivity contribution < 1.29 is 15.0 Å². The number of unbranched alkanes of at least 4 members (excludes halogenated alkanes) is 38. The van der Waals surface area contributed by atoms with Crippen LogP contribution in [0.5, 0.6) is 0 Å². The van der Waals surface area contributed by atoms with Crippen molar-refractivity contribution in [3.05, 3.63) is 36.5 Å². The van der Waals surface area contributed by atoms with E-state index in [2.05, 4.69) is 55.6 Å². The first-order chi connectivity index (χ1) is 30.2. The Bertz CT molecular complexity index is 928. The van der Waals surface area contributed by atoms with Gasteiger partial charge in [-0.2, -0.15) is 0 Å². The highest BCUT2D eigenvalue weighted by Crippen LogP contribution is 2.18. The second-order valence-corrected chi connectivity index (χ2v) is 19.0. The molecule has 0 aliphatic rings. The lowest BCUT2D eigenvalue weighted by Gasteiger charge is -2.22. The Hall–Kier alpha value is -1.39. The zero-order valence-electron chi connectivity index (χ0n) is 41.4. The Morgan fingerprint density at radius 2 is 0.672 bits per heavy atom. The van der Waals surface area contributed by atoms with Gasteiger partial charge in [0.25, 0.3) is 0 Å². The monoisotopic (exact) mass is 856 g/mol. The molecule has 0 radical (unpaired) electrons. The second-order valence-electron chi connectivity index (χ2n) is 19.0. The van der Waals surface area contributed by atoms with Crippen LogP contribution in [0.3, 0.4) is 0 Å². The van der Waals surface area contributed by atoms with Crippen molar-refractivity contribution in [1.29, 1.82) is 0 Å². The normalized spacial score (nSPS) is 13.0. The first-order valence-corrected chi connectivity index (χ1v) is 27.7. The topological polar surface area (TPSA) is 69.6 Å². The van der Waals surface area contributed by atoms with Crippen molar-refractivity contribution in [2.75, 3.05) is 6.61 Å². The third-order valence-electron chi connectivity index (χ3n) is 12.9. The molecule has 1 amide bonds. The molecule has 4 heteroatoms. The number of hydrogen-bond donors (Lipinski definition) is 3. The fourth-order valence-corrected chi connectivity index (χ4v) is 8.66. The molecule has 2 atom stereocenters. The molecular weight excluding hydrogens is 747 g/mol. The minimum Gasteiger partial charge on any atom is -0.394 e. The largest absolute Gasteiger partial charge is 0.394 e. The Labute approximate surface area is 382 Å². The van der Waals surface area contributed by atoms with Gasteiger partial charge in [0.1, 0.15) is 0 Å². The maximum absolute atomic E-state index is 12.5. The van der Waals surface area contributed by atoms with E-state index in [1.807, 2.05) is 0 Å². The first-order valence-electron chi connectivity index (χ1n) is 27.7.